The van der Waals surface area contributed by atoms with Crippen LogP contribution >= 0.6 is 11.6 Å². The Balaban J connectivity index is 0.00000225. The maximum absolute atomic E-state index is 10.8. The van der Waals surface area contributed by atoms with Crippen LogP contribution in [0.2, 0.25) is 5.02 Å². The van der Waals surface area contributed by atoms with Crippen LogP contribution < -0.4 is 17.1 Å². The van der Waals surface area contributed by atoms with Gasteiger partial charge < -0.3 is 17.1 Å². The molecule has 0 aliphatic heterocycles. The minimum Gasteiger partial charge on any atom is -1.00 e. The van der Waals surface area contributed by atoms with E-state index in [0.717, 1.165) is 12.1 Å². The Morgan fingerprint density at radius 3 is 2.44 bits per heavy atom. The third-order valence-corrected chi connectivity index (χ3v) is 2.94. The number of hydrogen-bond donors (Lipinski definition) is 1. The fraction of sp³-hybridized carbons (Fsp3) is 0.143. The summed E-state index contributed by atoms with van der Waals surface area (Å²) in [6.45, 7) is 0. The molecule has 0 aliphatic carbocycles. The summed E-state index contributed by atoms with van der Waals surface area (Å²) in [5.41, 5.74) is -0.144. The van der Waals surface area contributed by atoms with Gasteiger partial charge in [0.2, 0.25) is 11.1 Å². The lowest BCUT2D eigenvalue weighted by atomic mass is 10.3. The van der Waals surface area contributed by atoms with Crippen molar-refractivity contribution in [3.63, 3.8) is 0 Å². The van der Waals surface area contributed by atoms with E-state index in [9.17, 15) is 8.42 Å². The molecule has 0 bridgehead atoms. The molecule has 0 saturated carbocycles. The second-order valence-corrected chi connectivity index (χ2v) is 4.33. The van der Waals surface area contributed by atoms with E-state index in [-0.39, 0.29) is 28.9 Å². The van der Waals surface area contributed by atoms with Crippen molar-refractivity contribution >= 4 is 27.4 Å². The number of benzene rings is 1. The molecule has 0 spiro atoms. The summed E-state index contributed by atoms with van der Waals surface area (Å²) in [7, 11) is -3.15. The van der Waals surface area contributed by atoms with E-state index in [4.69, 9.17) is 26.3 Å². The molecule has 0 fully saturated rings. The fourth-order valence-corrected chi connectivity index (χ4v) is 1.98. The molecule has 0 radical (unpaired) electrons. The summed E-state index contributed by atoms with van der Waals surface area (Å²) in [5, 5.41) is 8.34. The first-order valence-electron chi connectivity index (χ1n) is 3.60. The van der Waals surface area contributed by atoms with Crippen molar-refractivity contribution in [3.8, 4) is 5.75 Å². The Kier molecular flexibility index (Phi) is 4.96. The Morgan fingerprint density at radius 2 is 2.06 bits per heavy atom. The van der Waals surface area contributed by atoms with Crippen LogP contribution in [0.25, 0.3) is 4.98 Å². The summed E-state index contributed by atoms with van der Waals surface area (Å²) in [5.74, 6) is 0.0925. The van der Waals surface area contributed by atoms with Crippen LogP contribution in [0.1, 0.15) is 0 Å². The van der Waals surface area contributed by atoms with Gasteiger partial charge in [-0.2, -0.15) is 8.42 Å². The SMILES string of the molecule is COc1cc(Cl)c(S(=O)(=O)O)cc1[N+]#N.[Cl-]. The average molecular weight is 285 g/mol. The zero-order valence-electron chi connectivity index (χ0n) is 7.89. The standard InChI is InChI=1S/C7H5ClN2O4S.ClH/c1-14-6-2-4(8)7(15(11,12)13)3-5(6)10-9;/h2-3H,1H3;1H. The Labute approximate surface area is 103 Å². The first kappa shape index (κ1) is 14.9. The zero-order valence-corrected chi connectivity index (χ0v) is 10.2. The summed E-state index contributed by atoms with van der Waals surface area (Å²) in [6.07, 6.45) is 0. The number of diazo groups is 1. The maximum Gasteiger partial charge on any atom is 0.427 e. The van der Waals surface area contributed by atoms with Gasteiger partial charge in [0, 0.05) is 6.07 Å². The molecule has 0 atom stereocenters. The van der Waals surface area contributed by atoms with Gasteiger partial charge >= 0.3 is 5.69 Å². The number of hydrogen-bond acceptors (Lipinski definition) is 4. The molecule has 0 aliphatic rings. The molecule has 1 rings (SSSR count). The molecule has 16 heavy (non-hydrogen) atoms. The van der Waals surface area contributed by atoms with Crippen LogP contribution in [0.4, 0.5) is 5.69 Å². The van der Waals surface area contributed by atoms with Crippen molar-refractivity contribution in [1.29, 1.82) is 5.39 Å². The monoisotopic (exact) mass is 284 g/mol. The largest absolute Gasteiger partial charge is 1.00 e. The Morgan fingerprint density at radius 1 is 1.50 bits per heavy atom. The molecule has 0 heterocycles. The molecule has 0 amide bonds. The van der Waals surface area contributed by atoms with Gasteiger partial charge in [0.1, 0.15) is 4.90 Å². The third-order valence-electron chi connectivity index (χ3n) is 1.62. The van der Waals surface area contributed by atoms with Gasteiger partial charge in [-0.25, -0.2) is 0 Å². The van der Waals surface area contributed by atoms with E-state index in [1.165, 1.54) is 7.11 Å². The van der Waals surface area contributed by atoms with Crippen LogP contribution in [-0.2, 0) is 10.1 Å². The van der Waals surface area contributed by atoms with E-state index >= 15 is 0 Å². The normalized spacial score (nSPS) is 10.1. The predicted molar refractivity (Wildman–Crippen MR) is 52.6 cm³/mol. The van der Waals surface area contributed by atoms with E-state index in [2.05, 4.69) is 4.98 Å². The molecule has 1 aromatic rings. The second-order valence-electron chi connectivity index (χ2n) is 2.53. The topological polar surface area (TPSA) is 91.8 Å². The van der Waals surface area contributed by atoms with Crippen molar-refractivity contribution in [3.05, 3.63) is 22.1 Å². The highest BCUT2D eigenvalue weighted by molar-refractivity contribution is 7.86. The van der Waals surface area contributed by atoms with Crippen molar-refractivity contribution in [1.82, 2.24) is 0 Å². The predicted octanol–water partition coefficient (Wildman–Crippen LogP) is -0.916. The smallest absolute Gasteiger partial charge is 0.427 e. The average Bonchev–Trinajstić information content (AvgIpc) is 2.15. The molecule has 1 N–H and O–H groups in total. The van der Waals surface area contributed by atoms with Crippen molar-refractivity contribution in [2.24, 2.45) is 0 Å². The van der Waals surface area contributed by atoms with Crippen LogP contribution in [0.5, 0.6) is 5.75 Å². The van der Waals surface area contributed by atoms with E-state index in [0.29, 0.717) is 0 Å². The van der Waals surface area contributed by atoms with Crippen LogP contribution in [-0.4, -0.2) is 20.1 Å². The molecule has 0 aromatic heterocycles. The maximum atomic E-state index is 10.8. The summed E-state index contributed by atoms with van der Waals surface area (Å²) in [4.78, 5) is 2.25. The molecule has 9 heteroatoms. The lowest BCUT2D eigenvalue weighted by Crippen LogP contribution is -3.00. The molecule has 88 valence electrons. The molecule has 0 saturated heterocycles. The van der Waals surface area contributed by atoms with E-state index in [1.807, 2.05) is 0 Å². The highest BCUT2D eigenvalue weighted by Gasteiger charge is 2.24. The fourth-order valence-electron chi connectivity index (χ4n) is 0.964. The number of methoxy groups -OCH3 is 1. The van der Waals surface area contributed by atoms with Gasteiger partial charge in [-0.1, -0.05) is 11.6 Å². The number of rotatable bonds is 2. The number of ether oxygens (including phenoxy) is 1. The minimum atomic E-state index is -4.45. The van der Waals surface area contributed by atoms with Gasteiger partial charge in [0.05, 0.1) is 18.2 Å². The number of halogens is 2. The zero-order chi connectivity index (χ0) is 11.6. The lowest BCUT2D eigenvalue weighted by molar-refractivity contribution is -0.00000767. The van der Waals surface area contributed by atoms with Crippen LogP contribution in [0, 0.1) is 5.39 Å². The van der Waals surface area contributed by atoms with Gasteiger partial charge in [0.15, 0.2) is 4.98 Å². The quantitative estimate of drug-likeness (QED) is 0.560. The summed E-state index contributed by atoms with van der Waals surface area (Å²) < 4.78 is 35.2. The van der Waals surface area contributed by atoms with E-state index in [1.54, 1.807) is 0 Å². The van der Waals surface area contributed by atoms with Crippen molar-refractivity contribution in [2.75, 3.05) is 7.11 Å². The lowest BCUT2D eigenvalue weighted by Gasteiger charge is -2.01. The van der Waals surface area contributed by atoms with Gasteiger partial charge in [0.25, 0.3) is 10.1 Å². The van der Waals surface area contributed by atoms with Crippen molar-refractivity contribution < 1.29 is 30.1 Å². The first-order chi connectivity index (χ1) is 6.90. The van der Waals surface area contributed by atoms with Crippen molar-refractivity contribution in [2.45, 2.75) is 4.90 Å². The summed E-state index contributed by atoms with van der Waals surface area (Å²) >= 11 is 5.58. The summed E-state index contributed by atoms with van der Waals surface area (Å²) in [6, 6.07) is 2.02. The highest BCUT2D eigenvalue weighted by atomic mass is 35.5. The minimum absolute atomic E-state index is 0. The molecule has 0 unspecified atom stereocenters. The Bertz CT molecular complexity index is 538. The second kappa shape index (κ2) is 5.32. The van der Waals surface area contributed by atoms with Crippen LogP contribution in [0.3, 0.4) is 0 Å². The third kappa shape index (κ3) is 2.96. The Hall–Kier alpha value is -1.07. The van der Waals surface area contributed by atoms with E-state index < -0.39 is 15.0 Å². The first-order valence-corrected chi connectivity index (χ1v) is 5.42. The van der Waals surface area contributed by atoms with Crippen LogP contribution in [0.15, 0.2) is 17.0 Å². The molecular weight excluding hydrogens is 279 g/mol. The van der Waals surface area contributed by atoms with Gasteiger partial charge in [-0.05, 0) is 0 Å². The molecule has 1 aromatic carbocycles. The van der Waals surface area contributed by atoms with Gasteiger partial charge in [-0.3, -0.25) is 4.55 Å². The van der Waals surface area contributed by atoms with Gasteiger partial charge in [-0.15, -0.1) is 0 Å². The number of nitrogens with zero attached hydrogens (tertiary/aromatic N) is 2. The highest BCUT2D eigenvalue weighted by Crippen LogP contribution is 2.35. The molecule has 6 nitrogen and oxygen atoms in total. The molecular formula is C7H6Cl2N2O4S.